The van der Waals surface area contributed by atoms with Crippen LogP contribution in [0.15, 0.2) is 78.9 Å². The summed E-state index contributed by atoms with van der Waals surface area (Å²) in [6, 6.07) is 24.0. The van der Waals surface area contributed by atoms with Crippen LogP contribution in [-0.2, 0) is 16.9 Å². The second kappa shape index (κ2) is 9.21. The van der Waals surface area contributed by atoms with Crippen LogP contribution in [0.3, 0.4) is 0 Å². The molecule has 6 heteroatoms. The number of para-hydroxylation sites is 1. The fraction of sp³-hybridized carbons (Fsp3) is 0.286. The summed E-state index contributed by atoms with van der Waals surface area (Å²) in [6.45, 7) is 5.97. The minimum atomic E-state index is -1.38. The van der Waals surface area contributed by atoms with Gasteiger partial charge in [0.2, 0.25) is 0 Å². The Morgan fingerprint density at radius 2 is 1.65 bits per heavy atom. The van der Waals surface area contributed by atoms with Gasteiger partial charge in [-0.3, -0.25) is 9.59 Å². The van der Waals surface area contributed by atoms with Crippen LogP contribution in [0.1, 0.15) is 42.3 Å². The Bertz CT molecular complexity index is 1170. The molecule has 0 bridgehead atoms. The summed E-state index contributed by atoms with van der Waals surface area (Å²) in [7, 11) is 1.61. The lowest BCUT2D eigenvalue weighted by molar-refractivity contribution is -0.136. The molecule has 1 unspecified atom stereocenters. The standard InChI is InChI=1S/C28H30N2O4/c1-27(2,3)29-26(32)28(21-10-6-5-7-11-21)19-34-24-13-9-8-12-23(24)25(31)30(28)18-20-14-16-22(33-4)17-15-20/h5-17H,18-19H2,1-4H3,(H,29,32). The third kappa shape index (κ3) is 4.49. The Balaban J connectivity index is 1.91. The highest BCUT2D eigenvalue weighted by atomic mass is 16.5. The fourth-order valence-corrected chi connectivity index (χ4v) is 4.18. The molecule has 0 spiro atoms. The van der Waals surface area contributed by atoms with E-state index in [0.29, 0.717) is 16.9 Å². The van der Waals surface area contributed by atoms with E-state index in [1.54, 1.807) is 30.2 Å². The zero-order chi connectivity index (χ0) is 24.3. The van der Waals surface area contributed by atoms with Crippen molar-refractivity contribution < 1.29 is 19.1 Å². The molecule has 3 aromatic rings. The van der Waals surface area contributed by atoms with Gasteiger partial charge in [0.05, 0.1) is 12.7 Å². The zero-order valence-corrected chi connectivity index (χ0v) is 20.0. The Labute approximate surface area is 200 Å². The number of methoxy groups -OCH3 is 1. The van der Waals surface area contributed by atoms with Crippen molar-refractivity contribution in [2.45, 2.75) is 38.4 Å². The van der Waals surface area contributed by atoms with Gasteiger partial charge in [-0.25, -0.2) is 0 Å². The summed E-state index contributed by atoms with van der Waals surface area (Å²) >= 11 is 0. The first-order valence-electron chi connectivity index (χ1n) is 11.3. The maximum absolute atomic E-state index is 14.1. The molecular weight excluding hydrogens is 428 g/mol. The SMILES string of the molecule is COc1ccc(CN2C(=O)c3ccccc3OCC2(C(=O)NC(C)(C)C)c2ccccc2)cc1. The highest BCUT2D eigenvalue weighted by Crippen LogP contribution is 2.38. The lowest BCUT2D eigenvalue weighted by Crippen LogP contribution is -2.62. The van der Waals surface area contributed by atoms with E-state index in [1.165, 1.54) is 0 Å². The van der Waals surface area contributed by atoms with Gasteiger partial charge in [0.15, 0.2) is 5.54 Å². The van der Waals surface area contributed by atoms with Gasteiger partial charge in [0.25, 0.3) is 11.8 Å². The van der Waals surface area contributed by atoms with Crippen molar-refractivity contribution in [2.75, 3.05) is 13.7 Å². The van der Waals surface area contributed by atoms with Crippen molar-refractivity contribution in [1.29, 1.82) is 0 Å². The molecule has 0 radical (unpaired) electrons. The van der Waals surface area contributed by atoms with Crippen LogP contribution in [0.25, 0.3) is 0 Å². The first kappa shape index (κ1) is 23.4. The highest BCUT2D eigenvalue weighted by Gasteiger charge is 2.52. The number of fused-ring (bicyclic) bond motifs is 1. The molecule has 2 amide bonds. The second-order valence-electron chi connectivity index (χ2n) is 9.45. The summed E-state index contributed by atoms with van der Waals surface area (Å²) in [5.74, 6) is 0.630. The van der Waals surface area contributed by atoms with Crippen molar-refractivity contribution in [1.82, 2.24) is 10.2 Å². The summed E-state index contributed by atoms with van der Waals surface area (Å²) in [5.41, 5.74) is 0.0958. The molecular formula is C28H30N2O4. The molecule has 34 heavy (non-hydrogen) atoms. The lowest BCUT2D eigenvalue weighted by atomic mass is 9.85. The molecule has 0 fully saturated rings. The van der Waals surface area contributed by atoms with Gasteiger partial charge in [-0.05, 0) is 56.2 Å². The highest BCUT2D eigenvalue weighted by molar-refractivity contribution is 6.02. The predicted octanol–water partition coefficient (Wildman–Crippen LogP) is 4.54. The number of carbonyl (C=O) groups is 2. The van der Waals surface area contributed by atoms with E-state index >= 15 is 0 Å². The van der Waals surface area contributed by atoms with E-state index in [1.807, 2.05) is 81.4 Å². The summed E-state index contributed by atoms with van der Waals surface area (Å²) in [4.78, 5) is 29.8. The molecule has 1 N–H and O–H groups in total. The largest absolute Gasteiger partial charge is 0.497 e. The van der Waals surface area contributed by atoms with E-state index < -0.39 is 11.1 Å². The Kier molecular flexibility index (Phi) is 6.33. The average Bonchev–Trinajstić information content (AvgIpc) is 2.95. The number of benzene rings is 3. The number of nitrogens with one attached hydrogen (secondary N) is 1. The normalized spacial score (nSPS) is 17.9. The summed E-state index contributed by atoms with van der Waals surface area (Å²) in [6.07, 6.45) is 0. The van der Waals surface area contributed by atoms with Crippen LogP contribution < -0.4 is 14.8 Å². The quantitative estimate of drug-likeness (QED) is 0.610. The molecule has 4 rings (SSSR count). The molecule has 0 aromatic heterocycles. The third-order valence-electron chi connectivity index (χ3n) is 5.88. The molecule has 1 atom stereocenters. The summed E-state index contributed by atoms with van der Waals surface area (Å²) < 4.78 is 11.5. The van der Waals surface area contributed by atoms with Crippen LogP contribution in [0, 0.1) is 0 Å². The number of hydrogen-bond acceptors (Lipinski definition) is 4. The van der Waals surface area contributed by atoms with E-state index in [4.69, 9.17) is 9.47 Å². The van der Waals surface area contributed by atoms with Crippen molar-refractivity contribution in [3.63, 3.8) is 0 Å². The molecule has 1 aliphatic heterocycles. The van der Waals surface area contributed by atoms with Gasteiger partial charge in [-0.1, -0.05) is 54.6 Å². The van der Waals surface area contributed by atoms with Crippen molar-refractivity contribution in [3.05, 3.63) is 95.6 Å². The molecule has 1 heterocycles. The van der Waals surface area contributed by atoms with Gasteiger partial charge in [-0.2, -0.15) is 0 Å². The van der Waals surface area contributed by atoms with Crippen LogP contribution in [0.2, 0.25) is 0 Å². The number of amides is 2. The summed E-state index contributed by atoms with van der Waals surface area (Å²) in [5, 5.41) is 3.10. The van der Waals surface area contributed by atoms with Crippen molar-refractivity contribution in [3.8, 4) is 11.5 Å². The minimum absolute atomic E-state index is 0.0160. The van der Waals surface area contributed by atoms with E-state index in [-0.39, 0.29) is 25.0 Å². The minimum Gasteiger partial charge on any atom is -0.497 e. The zero-order valence-electron chi connectivity index (χ0n) is 20.0. The Hall–Kier alpha value is -3.80. The van der Waals surface area contributed by atoms with Crippen LogP contribution in [-0.4, -0.2) is 36.0 Å². The fourth-order valence-electron chi connectivity index (χ4n) is 4.18. The average molecular weight is 459 g/mol. The van der Waals surface area contributed by atoms with Crippen LogP contribution in [0.5, 0.6) is 11.5 Å². The van der Waals surface area contributed by atoms with Gasteiger partial charge < -0.3 is 19.7 Å². The number of carbonyl (C=O) groups excluding carboxylic acids is 2. The molecule has 1 aliphatic rings. The molecule has 3 aromatic carbocycles. The van der Waals surface area contributed by atoms with Crippen molar-refractivity contribution >= 4 is 11.8 Å². The van der Waals surface area contributed by atoms with E-state index in [2.05, 4.69) is 5.32 Å². The monoisotopic (exact) mass is 458 g/mol. The van der Waals surface area contributed by atoms with E-state index in [9.17, 15) is 9.59 Å². The third-order valence-corrected chi connectivity index (χ3v) is 5.88. The molecule has 176 valence electrons. The van der Waals surface area contributed by atoms with Crippen molar-refractivity contribution in [2.24, 2.45) is 0 Å². The topological polar surface area (TPSA) is 67.9 Å². The Morgan fingerprint density at radius 1 is 1.00 bits per heavy atom. The second-order valence-corrected chi connectivity index (χ2v) is 9.45. The van der Waals surface area contributed by atoms with Gasteiger partial charge in [-0.15, -0.1) is 0 Å². The lowest BCUT2D eigenvalue weighted by Gasteiger charge is -2.42. The maximum Gasteiger partial charge on any atom is 0.259 e. The van der Waals surface area contributed by atoms with E-state index in [0.717, 1.165) is 11.3 Å². The first-order chi connectivity index (χ1) is 16.2. The molecule has 0 saturated heterocycles. The number of hydrogen-bond donors (Lipinski definition) is 1. The van der Waals surface area contributed by atoms with Gasteiger partial charge >= 0.3 is 0 Å². The first-order valence-corrected chi connectivity index (χ1v) is 11.3. The molecule has 0 aliphatic carbocycles. The van der Waals surface area contributed by atoms with Crippen LogP contribution in [0.4, 0.5) is 0 Å². The number of nitrogens with zero attached hydrogens (tertiary/aromatic N) is 1. The predicted molar refractivity (Wildman–Crippen MR) is 131 cm³/mol. The molecule has 0 saturated carbocycles. The molecule has 6 nitrogen and oxygen atoms in total. The smallest absolute Gasteiger partial charge is 0.259 e. The number of ether oxygens (including phenoxy) is 2. The maximum atomic E-state index is 14.1. The van der Waals surface area contributed by atoms with Gasteiger partial charge in [0.1, 0.15) is 18.1 Å². The Morgan fingerprint density at radius 3 is 2.29 bits per heavy atom. The number of rotatable bonds is 5. The van der Waals surface area contributed by atoms with Crippen LogP contribution >= 0.6 is 0 Å². The van der Waals surface area contributed by atoms with Gasteiger partial charge in [0, 0.05) is 12.1 Å².